The third-order valence-corrected chi connectivity index (χ3v) is 3.87. The van der Waals surface area contributed by atoms with Gasteiger partial charge in [0.05, 0.1) is 5.52 Å². The molecule has 22 heavy (non-hydrogen) atoms. The molecule has 0 spiro atoms. The normalized spacial score (nSPS) is 13.9. The number of aromatic nitrogens is 1. The number of hydrogen-bond donors (Lipinski definition) is 2. The molecule has 3 N–H and O–H groups in total. The number of fused-ring (bicyclic) bond motifs is 1. The van der Waals surface area contributed by atoms with Crippen LogP contribution >= 0.6 is 0 Å². The van der Waals surface area contributed by atoms with Gasteiger partial charge in [-0.15, -0.1) is 0 Å². The standard InChI is InChI=1S/C18H18N2O2/c1-18(19,17(21)22)12-13-6-8-15(9-7-13)20-11-10-14-4-2-3-5-16(14)20/h2-11H,12,19H2,1H3,(H,21,22)/t18-/m0/s1. The van der Waals surface area contributed by atoms with Crippen LogP contribution in [0.3, 0.4) is 0 Å². The number of nitrogens with zero attached hydrogens (tertiary/aromatic N) is 1. The molecular formula is C18H18N2O2. The maximum absolute atomic E-state index is 11.1. The van der Waals surface area contributed by atoms with Gasteiger partial charge in [0.2, 0.25) is 0 Å². The molecule has 2 aromatic carbocycles. The number of hydrogen-bond acceptors (Lipinski definition) is 2. The molecule has 4 nitrogen and oxygen atoms in total. The Morgan fingerprint density at radius 2 is 1.82 bits per heavy atom. The van der Waals surface area contributed by atoms with Gasteiger partial charge in [-0.05, 0) is 42.1 Å². The minimum absolute atomic E-state index is 0.301. The maximum Gasteiger partial charge on any atom is 0.323 e. The van der Waals surface area contributed by atoms with E-state index in [1.54, 1.807) is 0 Å². The highest BCUT2D eigenvalue weighted by Gasteiger charge is 2.27. The molecule has 0 aliphatic rings. The number of carboxylic acid groups (broad SMARTS) is 1. The van der Waals surface area contributed by atoms with E-state index in [-0.39, 0.29) is 0 Å². The minimum atomic E-state index is -1.25. The van der Waals surface area contributed by atoms with E-state index in [9.17, 15) is 4.79 Å². The Balaban J connectivity index is 1.90. The number of carboxylic acids is 1. The molecule has 1 aromatic heterocycles. The molecule has 0 saturated carbocycles. The quantitative estimate of drug-likeness (QED) is 0.777. The summed E-state index contributed by atoms with van der Waals surface area (Å²) in [5.41, 5.74) is 7.64. The van der Waals surface area contributed by atoms with E-state index in [4.69, 9.17) is 10.8 Å². The van der Waals surface area contributed by atoms with Crippen LogP contribution in [-0.2, 0) is 11.2 Å². The van der Waals surface area contributed by atoms with Crippen molar-refractivity contribution >= 4 is 16.9 Å². The summed E-state index contributed by atoms with van der Waals surface area (Å²) in [5, 5.41) is 10.3. The van der Waals surface area contributed by atoms with Gasteiger partial charge in [-0.25, -0.2) is 0 Å². The molecule has 1 heterocycles. The van der Waals surface area contributed by atoms with Crippen LogP contribution < -0.4 is 5.73 Å². The Morgan fingerprint density at radius 1 is 1.14 bits per heavy atom. The summed E-state index contributed by atoms with van der Waals surface area (Å²) >= 11 is 0. The van der Waals surface area contributed by atoms with E-state index in [1.165, 1.54) is 12.3 Å². The molecule has 0 amide bonds. The second-order valence-electron chi connectivity index (χ2n) is 5.81. The number of carbonyl (C=O) groups is 1. The third-order valence-electron chi connectivity index (χ3n) is 3.87. The van der Waals surface area contributed by atoms with Gasteiger partial charge in [0.15, 0.2) is 0 Å². The van der Waals surface area contributed by atoms with Crippen LogP contribution in [0, 0.1) is 0 Å². The summed E-state index contributed by atoms with van der Waals surface area (Å²) in [6, 6.07) is 18.1. The van der Waals surface area contributed by atoms with Crippen LogP contribution in [0.4, 0.5) is 0 Å². The van der Waals surface area contributed by atoms with E-state index < -0.39 is 11.5 Å². The van der Waals surface area contributed by atoms with Crippen molar-refractivity contribution in [1.29, 1.82) is 0 Å². The zero-order valence-electron chi connectivity index (χ0n) is 12.4. The molecule has 0 unspecified atom stereocenters. The van der Waals surface area contributed by atoms with Crippen LogP contribution in [0.2, 0.25) is 0 Å². The van der Waals surface area contributed by atoms with Gasteiger partial charge in [0.1, 0.15) is 5.54 Å². The Labute approximate surface area is 128 Å². The predicted octanol–water partition coefficient (Wildman–Crippen LogP) is 2.98. The summed E-state index contributed by atoms with van der Waals surface area (Å²) in [4.78, 5) is 11.1. The first-order chi connectivity index (χ1) is 10.5. The predicted molar refractivity (Wildman–Crippen MR) is 87.2 cm³/mol. The molecule has 3 aromatic rings. The molecule has 1 atom stereocenters. The molecular weight excluding hydrogens is 276 g/mol. The largest absolute Gasteiger partial charge is 0.480 e. The fourth-order valence-electron chi connectivity index (χ4n) is 2.58. The summed E-state index contributed by atoms with van der Waals surface area (Å²) in [6.45, 7) is 1.53. The molecule has 0 radical (unpaired) electrons. The van der Waals surface area contributed by atoms with Crippen LogP contribution in [-0.4, -0.2) is 21.2 Å². The van der Waals surface area contributed by atoms with Crippen molar-refractivity contribution in [3.63, 3.8) is 0 Å². The van der Waals surface area contributed by atoms with E-state index >= 15 is 0 Å². The van der Waals surface area contributed by atoms with Gasteiger partial charge in [0, 0.05) is 18.3 Å². The lowest BCUT2D eigenvalue weighted by atomic mass is 9.94. The van der Waals surface area contributed by atoms with E-state index in [2.05, 4.69) is 22.8 Å². The molecule has 0 aliphatic carbocycles. The molecule has 0 aliphatic heterocycles. The number of nitrogens with two attached hydrogens (primary N) is 1. The van der Waals surface area contributed by atoms with Crippen molar-refractivity contribution < 1.29 is 9.90 Å². The van der Waals surface area contributed by atoms with Gasteiger partial charge in [-0.3, -0.25) is 4.79 Å². The van der Waals surface area contributed by atoms with Crippen LogP contribution in [0.5, 0.6) is 0 Å². The highest BCUT2D eigenvalue weighted by atomic mass is 16.4. The molecule has 4 heteroatoms. The summed E-state index contributed by atoms with van der Waals surface area (Å²) in [6.07, 6.45) is 2.33. The fraction of sp³-hybridized carbons (Fsp3) is 0.167. The Kier molecular flexibility index (Phi) is 3.47. The number of para-hydroxylation sites is 1. The maximum atomic E-state index is 11.1. The molecule has 112 valence electrons. The number of benzene rings is 2. The summed E-state index contributed by atoms with van der Waals surface area (Å²) in [5.74, 6) is -0.993. The van der Waals surface area contributed by atoms with Crippen molar-refractivity contribution in [2.24, 2.45) is 5.73 Å². The van der Waals surface area contributed by atoms with E-state index in [0.29, 0.717) is 6.42 Å². The lowest BCUT2D eigenvalue weighted by Crippen LogP contribution is -2.46. The second kappa shape index (κ2) is 5.31. The lowest BCUT2D eigenvalue weighted by Gasteiger charge is -2.19. The minimum Gasteiger partial charge on any atom is -0.480 e. The first-order valence-corrected chi connectivity index (χ1v) is 7.15. The van der Waals surface area contributed by atoms with Crippen LogP contribution in [0.1, 0.15) is 12.5 Å². The number of aliphatic carboxylic acids is 1. The zero-order chi connectivity index (χ0) is 15.7. The van der Waals surface area contributed by atoms with Crippen molar-refractivity contribution in [3.05, 3.63) is 66.4 Å². The molecule has 0 saturated heterocycles. The fourth-order valence-corrected chi connectivity index (χ4v) is 2.58. The zero-order valence-corrected chi connectivity index (χ0v) is 12.4. The van der Waals surface area contributed by atoms with Crippen LogP contribution in [0.25, 0.3) is 16.6 Å². The lowest BCUT2D eigenvalue weighted by molar-refractivity contribution is -0.142. The van der Waals surface area contributed by atoms with Crippen molar-refractivity contribution in [3.8, 4) is 5.69 Å². The smallest absolute Gasteiger partial charge is 0.323 e. The molecule has 0 fully saturated rings. The molecule has 0 bridgehead atoms. The monoisotopic (exact) mass is 294 g/mol. The highest BCUT2D eigenvalue weighted by molar-refractivity contribution is 5.82. The highest BCUT2D eigenvalue weighted by Crippen LogP contribution is 2.21. The van der Waals surface area contributed by atoms with Gasteiger partial charge < -0.3 is 15.4 Å². The molecule has 3 rings (SSSR count). The van der Waals surface area contributed by atoms with E-state index in [0.717, 1.165) is 16.8 Å². The number of rotatable bonds is 4. The summed E-state index contributed by atoms with van der Waals surface area (Å²) in [7, 11) is 0. The Hall–Kier alpha value is -2.59. The van der Waals surface area contributed by atoms with Gasteiger partial charge in [-0.1, -0.05) is 30.3 Å². The SMILES string of the molecule is C[C@](N)(Cc1ccc(-n2ccc3ccccc32)cc1)C(=O)O. The second-order valence-corrected chi connectivity index (χ2v) is 5.81. The average Bonchev–Trinajstić information content (AvgIpc) is 2.91. The topological polar surface area (TPSA) is 68.2 Å². The summed E-state index contributed by atoms with van der Waals surface area (Å²) < 4.78 is 2.11. The van der Waals surface area contributed by atoms with Crippen molar-refractivity contribution in [2.75, 3.05) is 0 Å². The van der Waals surface area contributed by atoms with Gasteiger partial charge >= 0.3 is 5.97 Å². The van der Waals surface area contributed by atoms with Crippen molar-refractivity contribution in [1.82, 2.24) is 4.57 Å². The van der Waals surface area contributed by atoms with Crippen LogP contribution in [0.15, 0.2) is 60.8 Å². The first kappa shape index (κ1) is 14.4. The average molecular weight is 294 g/mol. The third kappa shape index (κ3) is 2.61. The first-order valence-electron chi connectivity index (χ1n) is 7.15. The van der Waals surface area contributed by atoms with E-state index in [1.807, 2.05) is 42.6 Å². The Bertz CT molecular complexity index is 816. The van der Waals surface area contributed by atoms with Gasteiger partial charge in [-0.2, -0.15) is 0 Å². The Morgan fingerprint density at radius 3 is 2.50 bits per heavy atom. The van der Waals surface area contributed by atoms with Crippen molar-refractivity contribution in [2.45, 2.75) is 18.9 Å². The van der Waals surface area contributed by atoms with Gasteiger partial charge in [0.25, 0.3) is 0 Å².